The number of anilines is 1. The predicted octanol–water partition coefficient (Wildman–Crippen LogP) is 6.14. The van der Waals surface area contributed by atoms with Gasteiger partial charge in [-0.2, -0.15) is 0 Å². The topological polar surface area (TPSA) is 84.9 Å². The second-order valence-corrected chi connectivity index (χ2v) is 9.25. The van der Waals surface area contributed by atoms with Crippen molar-refractivity contribution in [1.82, 2.24) is 5.32 Å². The van der Waals surface area contributed by atoms with E-state index in [1.54, 1.807) is 42.5 Å². The maximum atomic E-state index is 13.3. The van der Waals surface area contributed by atoms with Crippen LogP contribution in [0.15, 0.2) is 76.8 Å². The van der Waals surface area contributed by atoms with Crippen LogP contribution in [0.2, 0.25) is 5.02 Å². The van der Waals surface area contributed by atoms with E-state index < -0.39 is 17.8 Å². The van der Waals surface area contributed by atoms with Crippen LogP contribution in [-0.4, -0.2) is 24.5 Å². The molecule has 1 aliphatic rings. The van der Waals surface area contributed by atoms with Gasteiger partial charge in [0.15, 0.2) is 0 Å². The first kappa shape index (κ1) is 25.5. The molecule has 0 aromatic heterocycles. The lowest BCUT2D eigenvalue weighted by atomic mass is 10.1. The quantitative estimate of drug-likeness (QED) is 0.260. The molecule has 0 bridgehead atoms. The van der Waals surface area contributed by atoms with E-state index >= 15 is 0 Å². The molecule has 3 aromatic carbocycles. The van der Waals surface area contributed by atoms with Crippen molar-refractivity contribution in [2.45, 2.75) is 20.0 Å². The Morgan fingerprint density at radius 1 is 0.972 bits per heavy atom. The number of ether oxygens (including phenoxy) is 2. The monoisotopic (exact) mass is 568 g/mol. The molecule has 36 heavy (non-hydrogen) atoms. The van der Waals surface area contributed by atoms with E-state index in [1.807, 2.05) is 31.2 Å². The zero-order valence-electron chi connectivity index (χ0n) is 19.3. The van der Waals surface area contributed by atoms with E-state index in [9.17, 15) is 14.4 Å². The van der Waals surface area contributed by atoms with Gasteiger partial charge in [-0.3, -0.25) is 14.9 Å². The zero-order valence-corrected chi connectivity index (χ0v) is 21.6. The lowest BCUT2D eigenvalue weighted by Crippen LogP contribution is -2.54. The Hall–Kier alpha value is -3.62. The highest BCUT2D eigenvalue weighted by atomic mass is 79.9. The summed E-state index contributed by atoms with van der Waals surface area (Å²) in [6.07, 6.45) is 2.22. The largest absolute Gasteiger partial charge is 0.494 e. The average Bonchev–Trinajstić information content (AvgIpc) is 2.86. The van der Waals surface area contributed by atoms with Crippen molar-refractivity contribution in [1.29, 1.82) is 0 Å². The van der Waals surface area contributed by atoms with Gasteiger partial charge in [-0.15, -0.1) is 0 Å². The lowest BCUT2D eigenvalue weighted by Gasteiger charge is -2.26. The smallest absolute Gasteiger partial charge is 0.335 e. The molecule has 0 unspecified atom stereocenters. The third-order valence-corrected chi connectivity index (χ3v) is 6.01. The van der Waals surface area contributed by atoms with E-state index in [0.717, 1.165) is 21.4 Å². The molecular formula is C27H22BrClN2O5. The summed E-state index contributed by atoms with van der Waals surface area (Å²) >= 11 is 9.59. The number of benzene rings is 3. The molecule has 184 valence electrons. The molecule has 1 fully saturated rings. The van der Waals surface area contributed by atoms with E-state index in [-0.39, 0.29) is 12.2 Å². The van der Waals surface area contributed by atoms with Crippen molar-refractivity contribution in [2.75, 3.05) is 11.5 Å². The zero-order chi connectivity index (χ0) is 25.7. The van der Waals surface area contributed by atoms with E-state index in [0.29, 0.717) is 34.4 Å². The summed E-state index contributed by atoms with van der Waals surface area (Å²) in [7, 11) is 0. The highest BCUT2D eigenvalue weighted by Crippen LogP contribution is 2.29. The highest BCUT2D eigenvalue weighted by Gasteiger charge is 2.37. The maximum Gasteiger partial charge on any atom is 0.335 e. The van der Waals surface area contributed by atoms with Gasteiger partial charge in [-0.05, 0) is 72.7 Å². The Kier molecular flexibility index (Phi) is 8.07. The number of hydrogen-bond donors (Lipinski definition) is 1. The Morgan fingerprint density at radius 3 is 2.39 bits per heavy atom. The highest BCUT2D eigenvalue weighted by molar-refractivity contribution is 9.10. The standard InChI is InChI=1S/C27H22BrClN2O5/c1-2-13-35-22-10-8-21(9-11-22)31-26(33)23(25(32)30-27(31)34)15-18-14-20(29)7-12-24(18)36-16-17-3-5-19(28)6-4-17/h3-12,14-15H,2,13,16H2,1H3,(H,30,32,34)/b23-15-. The molecule has 1 saturated heterocycles. The van der Waals surface area contributed by atoms with Crippen LogP contribution in [0.4, 0.5) is 10.5 Å². The fourth-order valence-electron chi connectivity index (χ4n) is 3.46. The first-order valence-corrected chi connectivity index (χ1v) is 12.3. The van der Waals surface area contributed by atoms with Crippen molar-refractivity contribution >= 4 is 57.1 Å². The summed E-state index contributed by atoms with van der Waals surface area (Å²) < 4.78 is 12.5. The number of nitrogens with one attached hydrogen (secondary N) is 1. The third kappa shape index (κ3) is 5.95. The number of nitrogens with zero attached hydrogens (tertiary/aromatic N) is 1. The van der Waals surface area contributed by atoms with Crippen molar-refractivity contribution in [2.24, 2.45) is 0 Å². The molecule has 1 heterocycles. The number of imide groups is 2. The number of carbonyl (C=O) groups is 3. The van der Waals surface area contributed by atoms with Crippen LogP contribution in [0.1, 0.15) is 24.5 Å². The van der Waals surface area contributed by atoms with Crippen LogP contribution in [0.25, 0.3) is 6.08 Å². The van der Waals surface area contributed by atoms with Gasteiger partial charge in [0.2, 0.25) is 0 Å². The molecule has 7 nitrogen and oxygen atoms in total. The molecule has 0 spiro atoms. The summed E-state index contributed by atoms with van der Waals surface area (Å²) in [6.45, 7) is 2.81. The average molecular weight is 570 g/mol. The minimum absolute atomic E-state index is 0.225. The van der Waals surface area contributed by atoms with Crippen LogP contribution in [-0.2, 0) is 16.2 Å². The summed E-state index contributed by atoms with van der Waals surface area (Å²) in [6, 6.07) is 18.2. The van der Waals surface area contributed by atoms with Crippen LogP contribution in [0, 0.1) is 0 Å². The van der Waals surface area contributed by atoms with Crippen molar-refractivity contribution in [3.8, 4) is 11.5 Å². The number of rotatable bonds is 8. The molecule has 4 rings (SSSR count). The molecular weight excluding hydrogens is 548 g/mol. The second kappa shape index (κ2) is 11.4. The van der Waals surface area contributed by atoms with Crippen LogP contribution in [0.3, 0.4) is 0 Å². The van der Waals surface area contributed by atoms with E-state index in [2.05, 4.69) is 21.2 Å². The predicted molar refractivity (Wildman–Crippen MR) is 141 cm³/mol. The van der Waals surface area contributed by atoms with E-state index in [4.69, 9.17) is 21.1 Å². The number of barbiturate groups is 1. The minimum atomic E-state index is -0.831. The summed E-state index contributed by atoms with van der Waals surface area (Å²) in [5.74, 6) is -0.520. The van der Waals surface area contributed by atoms with Gasteiger partial charge in [-0.25, -0.2) is 9.69 Å². The van der Waals surface area contributed by atoms with Gasteiger partial charge in [0.05, 0.1) is 12.3 Å². The van der Waals surface area contributed by atoms with Gasteiger partial charge in [0, 0.05) is 15.1 Å². The molecule has 9 heteroatoms. The van der Waals surface area contributed by atoms with Gasteiger partial charge in [-0.1, -0.05) is 46.6 Å². The number of amides is 4. The second-order valence-electron chi connectivity index (χ2n) is 7.90. The molecule has 0 atom stereocenters. The SMILES string of the molecule is CCCOc1ccc(N2C(=O)NC(=O)/C(=C/c3cc(Cl)ccc3OCc3ccc(Br)cc3)C2=O)cc1. The Bertz CT molecular complexity index is 1320. The number of halogens is 2. The van der Waals surface area contributed by atoms with Crippen molar-refractivity contribution < 1.29 is 23.9 Å². The third-order valence-electron chi connectivity index (χ3n) is 5.25. The molecule has 0 saturated carbocycles. The first-order chi connectivity index (χ1) is 17.4. The molecule has 3 aromatic rings. The fraction of sp³-hybridized carbons (Fsp3) is 0.148. The fourth-order valence-corrected chi connectivity index (χ4v) is 3.91. The van der Waals surface area contributed by atoms with Gasteiger partial charge in [0.1, 0.15) is 23.7 Å². The Morgan fingerprint density at radius 2 is 1.69 bits per heavy atom. The van der Waals surface area contributed by atoms with Crippen molar-refractivity contribution in [3.05, 3.63) is 92.9 Å². The molecule has 1 aliphatic heterocycles. The van der Waals surface area contributed by atoms with Gasteiger partial charge in [0.25, 0.3) is 11.8 Å². The molecule has 1 N–H and O–H groups in total. The maximum absolute atomic E-state index is 13.3. The van der Waals surface area contributed by atoms with Gasteiger partial charge >= 0.3 is 6.03 Å². The summed E-state index contributed by atoms with van der Waals surface area (Å²) in [5.41, 5.74) is 1.44. The number of carbonyl (C=O) groups excluding carboxylic acids is 3. The van der Waals surface area contributed by atoms with Gasteiger partial charge < -0.3 is 9.47 Å². The van der Waals surface area contributed by atoms with Crippen LogP contribution in [0.5, 0.6) is 11.5 Å². The molecule has 0 aliphatic carbocycles. The van der Waals surface area contributed by atoms with Crippen LogP contribution >= 0.6 is 27.5 Å². The molecule has 4 amide bonds. The molecule has 0 radical (unpaired) electrons. The first-order valence-electron chi connectivity index (χ1n) is 11.2. The summed E-state index contributed by atoms with van der Waals surface area (Å²) in [4.78, 5) is 39.4. The van der Waals surface area contributed by atoms with E-state index in [1.165, 1.54) is 6.08 Å². The normalized spacial score (nSPS) is 14.7. The minimum Gasteiger partial charge on any atom is -0.494 e. The van der Waals surface area contributed by atoms with Crippen LogP contribution < -0.4 is 19.7 Å². The lowest BCUT2D eigenvalue weighted by molar-refractivity contribution is -0.122. The van der Waals surface area contributed by atoms with Crippen molar-refractivity contribution in [3.63, 3.8) is 0 Å². The number of urea groups is 1. The Balaban J connectivity index is 1.61. The summed E-state index contributed by atoms with van der Waals surface area (Å²) in [5, 5.41) is 2.62. The Labute approximate surface area is 221 Å². The number of hydrogen-bond acceptors (Lipinski definition) is 5.